The van der Waals surface area contributed by atoms with Gasteiger partial charge in [0.1, 0.15) is 0 Å². The first-order valence-corrected chi connectivity index (χ1v) is 9.00. The van der Waals surface area contributed by atoms with Gasteiger partial charge in [0, 0.05) is 18.5 Å². The van der Waals surface area contributed by atoms with Gasteiger partial charge >= 0.3 is 5.97 Å². The molecule has 1 fully saturated rings. The molecule has 1 aliphatic heterocycles. The number of benzene rings is 1. The molecule has 5 nitrogen and oxygen atoms in total. The number of esters is 1. The van der Waals surface area contributed by atoms with Crippen molar-refractivity contribution >= 4 is 34.5 Å². The van der Waals surface area contributed by atoms with Gasteiger partial charge in [-0.15, -0.1) is 0 Å². The number of para-hydroxylation sites is 1. The maximum atomic E-state index is 12.3. The summed E-state index contributed by atoms with van der Waals surface area (Å²) < 4.78 is 4.77. The summed E-state index contributed by atoms with van der Waals surface area (Å²) in [7, 11) is 1.41. The van der Waals surface area contributed by atoms with Crippen LogP contribution in [0.3, 0.4) is 0 Å². The second-order valence-electron chi connectivity index (χ2n) is 5.81. The molecule has 0 spiro atoms. The van der Waals surface area contributed by atoms with E-state index in [9.17, 15) is 9.59 Å². The number of pyridine rings is 1. The number of methoxy groups -OCH3 is 1. The number of hydrogen-bond acceptors (Lipinski definition) is 5. The third-order valence-electron chi connectivity index (χ3n) is 4.30. The van der Waals surface area contributed by atoms with Crippen LogP contribution in [0, 0.1) is 5.92 Å². The molecule has 1 aromatic heterocycles. The van der Waals surface area contributed by atoms with E-state index < -0.39 is 0 Å². The van der Waals surface area contributed by atoms with Gasteiger partial charge in [0.15, 0.2) is 0 Å². The summed E-state index contributed by atoms with van der Waals surface area (Å²) in [6.45, 7) is 1.23. The van der Waals surface area contributed by atoms with E-state index in [0.29, 0.717) is 31.7 Å². The number of amides is 1. The van der Waals surface area contributed by atoms with Crippen molar-refractivity contribution < 1.29 is 14.3 Å². The Morgan fingerprint density at radius 1 is 1.21 bits per heavy atom. The first-order valence-electron chi connectivity index (χ1n) is 8.01. The number of rotatable bonds is 4. The van der Waals surface area contributed by atoms with Gasteiger partial charge in [0.05, 0.1) is 29.3 Å². The van der Waals surface area contributed by atoms with Gasteiger partial charge in [0.2, 0.25) is 5.91 Å². The molecule has 0 N–H and O–H groups in total. The molecule has 0 bridgehead atoms. The molecule has 0 atom stereocenters. The summed E-state index contributed by atoms with van der Waals surface area (Å²) in [4.78, 5) is 30.3. The molecule has 24 heavy (non-hydrogen) atoms. The van der Waals surface area contributed by atoms with E-state index in [4.69, 9.17) is 4.74 Å². The number of carbonyl (C=O) groups excluding carboxylic acids is 2. The molecular weight excluding hydrogens is 324 g/mol. The average Bonchev–Trinajstić information content (AvgIpc) is 2.65. The SMILES string of the molecule is COC(=O)C1CCN(C(=O)CSc2ccc3ccccc3n2)CC1. The number of hydrogen-bond donors (Lipinski definition) is 0. The number of nitrogens with zero attached hydrogens (tertiary/aromatic N) is 2. The number of aromatic nitrogens is 1. The molecule has 1 aromatic carbocycles. The van der Waals surface area contributed by atoms with E-state index in [0.717, 1.165) is 15.9 Å². The fraction of sp³-hybridized carbons (Fsp3) is 0.389. The fourth-order valence-corrected chi connectivity index (χ4v) is 3.67. The van der Waals surface area contributed by atoms with Crippen molar-refractivity contribution in [3.63, 3.8) is 0 Å². The zero-order valence-corrected chi connectivity index (χ0v) is 14.4. The zero-order valence-electron chi connectivity index (χ0n) is 13.6. The summed E-state index contributed by atoms with van der Waals surface area (Å²) >= 11 is 1.45. The Labute approximate surface area is 145 Å². The first-order chi connectivity index (χ1) is 11.7. The van der Waals surface area contributed by atoms with Crippen LogP contribution < -0.4 is 0 Å². The molecule has 6 heteroatoms. The Kier molecular flexibility index (Phi) is 5.35. The predicted molar refractivity (Wildman–Crippen MR) is 93.8 cm³/mol. The van der Waals surface area contributed by atoms with E-state index in [2.05, 4.69) is 4.98 Å². The smallest absolute Gasteiger partial charge is 0.308 e. The summed E-state index contributed by atoms with van der Waals surface area (Å²) in [6, 6.07) is 11.9. The lowest BCUT2D eigenvalue weighted by atomic mass is 9.97. The molecule has 1 aliphatic rings. The highest BCUT2D eigenvalue weighted by molar-refractivity contribution is 7.99. The van der Waals surface area contributed by atoms with Gasteiger partial charge < -0.3 is 9.64 Å². The lowest BCUT2D eigenvalue weighted by Gasteiger charge is -2.30. The van der Waals surface area contributed by atoms with Crippen LogP contribution in [0.5, 0.6) is 0 Å². The van der Waals surface area contributed by atoms with Crippen molar-refractivity contribution in [1.82, 2.24) is 9.88 Å². The second kappa shape index (κ2) is 7.66. The van der Waals surface area contributed by atoms with Crippen molar-refractivity contribution in [2.24, 2.45) is 5.92 Å². The summed E-state index contributed by atoms with van der Waals surface area (Å²) in [5, 5.41) is 1.95. The second-order valence-corrected chi connectivity index (χ2v) is 6.80. The molecule has 0 saturated carbocycles. The number of ether oxygens (including phenoxy) is 1. The number of likely N-dealkylation sites (tertiary alicyclic amines) is 1. The maximum Gasteiger partial charge on any atom is 0.308 e. The maximum absolute atomic E-state index is 12.3. The van der Waals surface area contributed by atoms with Gasteiger partial charge in [-0.05, 0) is 25.0 Å². The molecule has 0 aliphatic carbocycles. The monoisotopic (exact) mass is 344 g/mol. The largest absolute Gasteiger partial charge is 0.469 e. The molecule has 126 valence electrons. The third-order valence-corrected chi connectivity index (χ3v) is 5.21. The fourth-order valence-electron chi connectivity index (χ4n) is 2.89. The van der Waals surface area contributed by atoms with Crippen LogP contribution in [0.1, 0.15) is 12.8 Å². The van der Waals surface area contributed by atoms with E-state index in [1.54, 1.807) is 0 Å². The number of carbonyl (C=O) groups is 2. The minimum atomic E-state index is -0.170. The Morgan fingerprint density at radius 2 is 1.96 bits per heavy atom. The predicted octanol–water partition coefficient (Wildman–Crippen LogP) is 2.74. The van der Waals surface area contributed by atoms with Crippen molar-refractivity contribution in [2.45, 2.75) is 17.9 Å². The molecule has 1 amide bonds. The molecular formula is C18H20N2O3S. The van der Waals surface area contributed by atoms with E-state index in [-0.39, 0.29) is 17.8 Å². The highest BCUT2D eigenvalue weighted by Crippen LogP contribution is 2.22. The van der Waals surface area contributed by atoms with Gasteiger partial charge in [-0.1, -0.05) is 36.0 Å². The van der Waals surface area contributed by atoms with Crippen LogP contribution in [-0.2, 0) is 14.3 Å². The number of fused-ring (bicyclic) bond motifs is 1. The van der Waals surface area contributed by atoms with Crippen LogP contribution in [0.15, 0.2) is 41.4 Å². The van der Waals surface area contributed by atoms with Crippen LogP contribution >= 0.6 is 11.8 Å². The Balaban J connectivity index is 1.53. The van der Waals surface area contributed by atoms with Gasteiger partial charge in [-0.25, -0.2) is 4.98 Å². The van der Waals surface area contributed by atoms with Crippen molar-refractivity contribution in [3.05, 3.63) is 36.4 Å². The van der Waals surface area contributed by atoms with E-state index >= 15 is 0 Å². The Hall–Kier alpha value is -2.08. The quantitative estimate of drug-likeness (QED) is 0.630. The van der Waals surface area contributed by atoms with E-state index in [1.165, 1.54) is 18.9 Å². The van der Waals surface area contributed by atoms with Crippen molar-refractivity contribution in [3.8, 4) is 0 Å². The highest BCUT2D eigenvalue weighted by Gasteiger charge is 2.27. The topological polar surface area (TPSA) is 59.5 Å². The number of piperidine rings is 1. The minimum Gasteiger partial charge on any atom is -0.469 e. The first kappa shape index (κ1) is 16.8. The van der Waals surface area contributed by atoms with Crippen LogP contribution in [0.25, 0.3) is 10.9 Å². The molecule has 0 radical (unpaired) electrons. The van der Waals surface area contributed by atoms with Crippen LogP contribution in [0.2, 0.25) is 0 Å². The minimum absolute atomic E-state index is 0.0751. The zero-order chi connectivity index (χ0) is 16.9. The summed E-state index contributed by atoms with van der Waals surface area (Å²) in [5.41, 5.74) is 0.939. The van der Waals surface area contributed by atoms with Crippen molar-refractivity contribution in [1.29, 1.82) is 0 Å². The Morgan fingerprint density at radius 3 is 2.71 bits per heavy atom. The standard InChI is InChI=1S/C18H20N2O3S/c1-23-18(22)14-8-10-20(11-9-14)17(21)12-24-16-7-6-13-4-2-3-5-15(13)19-16/h2-7,14H,8-12H2,1H3. The van der Waals surface area contributed by atoms with Crippen LogP contribution in [-0.4, -0.2) is 47.7 Å². The molecule has 1 saturated heterocycles. The highest BCUT2D eigenvalue weighted by atomic mass is 32.2. The molecule has 2 heterocycles. The van der Waals surface area contributed by atoms with E-state index in [1.807, 2.05) is 41.3 Å². The third kappa shape index (κ3) is 3.87. The van der Waals surface area contributed by atoms with Gasteiger partial charge in [-0.3, -0.25) is 9.59 Å². The van der Waals surface area contributed by atoms with Crippen LogP contribution in [0.4, 0.5) is 0 Å². The summed E-state index contributed by atoms with van der Waals surface area (Å²) in [6.07, 6.45) is 1.36. The molecule has 3 rings (SSSR count). The van der Waals surface area contributed by atoms with Crippen molar-refractivity contribution in [2.75, 3.05) is 26.0 Å². The summed E-state index contributed by atoms with van der Waals surface area (Å²) in [5.74, 6) is 0.220. The molecule has 2 aromatic rings. The lowest BCUT2D eigenvalue weighted by Crippen LogP contribution is -2.41. The van der Waals surface area contributed by atoms with Gasteiger partial charge in [-0.2, -0.15) is 0 Å². The molecule has 0 unspecified atom stereocenters. The normalized spacial score (nSPS) is 15.5. The average molecular weight is 344 g/mol. The lowest BCUT2D eigenvalue weighted by molar-refractivity contribution is -0.148. The van der Waals surface area contributed by atoms with Gasteiger partial charge in [0.25, 0.3) is 0 Å². The number of thioether (sulfide) groups is 1. The Bertz CT molecular complexity index is 742.